The minimum Gasteiger partial charge on any atom is -0.309 e. The molecule has 57 heavy (non-hydrogen) atoms. The molecule has 0 fully saturated rings. The number of hydrogen-bond acceptors (Lipinski definition) is 4. The van der Waals surface area contributed by atoms with E-state index in [1.54, 1.807) is 6.07 Å². The molecule has 0 N–H and O–H groups in total. The molecular weight excluding hydrogens is 713 g/mol. The first kappa shape index (κ1) is 30.1. The monoisotopic (exact) mass is 749 g/mol. The Bertz CT molecular complexity index is 3430. The fourth-order valence-corrected chi connectivity index (χ4v) is 9.34. The van der Waals surface area contributed by atoms with E-state index in [0.29, 0.717) is 17.5 Å². The van der Waals surface area contributed by atoms with Crippen molar-refractivity contribution in [1.29, 1.82) is 0 Å². The average Bonchev–Trinajstić information content (AvgIpc) is 3.85. The van der Waals surface area contributed by atoms with Gasteiger partial charge in [-0.15, -0.1) is 11.3 Å². The number of benzene rings is 8. The smallest absolute Gasteiger partial charge is 0.164 e. The summed E-state index contributed by atoms with van der Waals surface area (Å²) in [5.41, 5.74) is 9.79. The Morgan fingerprint density at radius 3 is 1.84 bits per heavy atom. The summed E-state index contributed by atoms with van der Waals surface area (Å²) in [5, 5.41) is 4.53. The quantitative estimate of drug-likeness (QED) is 0.170. The van der Waals surface area contributed by atoms with E-state index < -0.39 is 6.85 Å². The molecule has 5 heteroatoms. The Morgan fingerprint density at radius 2 is 1.04 bits per heavy atom. The van der Waals surface area contributed by atoms with Crippen molar-refractivity contribution in [3.05, 3.63) is 194 Å². The molecule has 0 atom stereocenters. The van der Waals surface area contributed by atoms with E-state index >= 15 is 0 Å². The van der Waals surface area contributed by atoms with Gasteiger partial charge in [0.25, 0.3) is 0 Å². The zero-order valence-corrected chi connectivity index (χ0v) is 31.4. The molecule has 268 valence electrons. The first-order valence-electron chi connectivity index (χ1n) is 20.4. The van der Waals surface area contributed by atoms with Crippen LogP contribution in [0.4, 0.5) is 0 Å². The van der Waals surface area contributed by atoms with Crippen molar-refractivity contribution in [1.82, 2.24) is 19.5 Å². The van der Waals surface area contributed by atoms with Crippen molar-refractivity contribution < 1.29 is 4.11 Å². The summed E-state index contributed by atoms with van der Waals surface area (Å²) in [6.07, 6.45) is 0. The highest BCUT2D eigenvalue weighted by Crippen LogP contribution is 2.41. The topological polar surface area (TPSA) is 43.6 Å². The van der Waals surface area contributed by atoms with Crippen molar-refractivity contribution in [2.75, 3.05) is 0 Å². The van der Waals surface area contributed by atoms with Gasteiger partial charge in [0.2, 0.25) is 0 Å². The molecule has 4 nitrogen and oxygen atoms in total. The molecule has 0 amide bonds. The van der Waals surface area contributed by atoms with Gasteiger partial charge in [-0.1, -0.05) is 158 Å². The van der Waals surface area contributed by atoms with Crippen LogP contribution in [0.15, 0.2) is 188 Å². The molecule has 3 heterocycles. The van der Waals surface area contributed by atoms with Gasteiger partial charge < -0.3 is 4.57 Å². The highest BCUT2D eigenvalue weighted by atomic mass is 32.1. The summed E-state index contributed by atoms with van der Waals surface area (Å²) in [7, 11) is 0. The highest BCUT2D eigenvalue weighted by molar-refractivity contribution is 7.26. The van der Waals surface area contributed by atoms with Gasteiger partial charge >= 0.3 is 0 Å². The molecule has 11 aromatic rings. The molecule has 0 saturated heterocycles. The molecule has 0 bridgehead atoms. The number of hydrogen-bond donors (Lipinski definition) is 0. The number of thiophene rings is 1. The fourth-order valence-electron chi connectivity index (χ4n) is 8.10. The number of aromatic nitrogens is 4. The van der Waals surface area contributed by atoms with Crippen LogP contribution < -0.4 is 0 Å². The van der Waals surface area contributed by atoms with Gasteiger partial charge in [-0.2, -0.15) is 0 Å². The summed E-state index contributed by atoms with van der Waals surface area (Å²) < 4.78 is 29.6. The van der Waals surface area contributed by atoms with Gasteiger partial charge in [-0.25, -0.2) is 15.0 Å². The Balaban J connectivity index is 1.13. The van der Waals surface area contributed by atoms with Gasteiger partial charge in [0.05, 0.1) is 16.7 Å². The second-order valence-corrected chi connectivity index (χ2v) is 15.3. The van der Waals surface area contributed by atoms with E-state index in [4.69, 9.17) is 19.1 Å². The minimum atomic E-state index is -2.27. The van der Waals surface area contributed by atoms with E-state index in [2.05, 4.69) is 114 Å². The lowest BCUT2D eigenvalue weighted by Gasteiger charge is -2.16. The predicted molar refractivity (Wildman–Crippen MR) is 239 cm³/mol. The lowest BCUT2D eigenvalue weighted by molar-refractivity contribution is 1.07. The van der Waals surface area contributed by atoms with E-state index in [9.17, 15) is 0 Å². The second-order valence-electron chi connectivity index (χ2n) is 14.2. The number of para-hydroxylation sites is 1. The third-order valence-corrected chi connectivity index (χ3v) is 12.0. The zero-order valence-electron chi connectivity index (χ0n) is 33.6. The van der Waals surface area contributed by atoms with Crippen LogP contribution in [0.25, 0.3) is 104 Å². The summed E-state index contributed by atoms with van der Waals surface area (Å²) in [6, 6.07) is 63.9. The van der Waals surface area contributed by atoms with Crippen molar-refractivity contribution in [3.63, 3.8) is 0 Å². The minimum absolute atomic E-state index is 0.289. The maximum absolute atomic E-state index is 8.29. The number of rotatable bonds is 6. The second kappa shape index (κ2) is 13.5. The first-order valence-corrected chi connectivity index (χ1v) is 19.8. The standard InChI is InChI=1S/C52H34N4S/c1-33-26-28-42-41-20-8-10-24-45(41)56(46(42)30-33)47-32-38(27-29-39(47)34-14-4-2-5-15-34)52-54-50(35-16-6-3-7-17-35)53-51(55-52)37-19-12-18-36(31-37)40-22-13-23-44-43-21-9-11-25-48(43)57-49(40)44/h2-32H,1H3/i1D3. The Labute approximate surface area is 338 Å². The normalized spacial score (nSPS) is 12.6. The average molecular weight is 750 g/mol. The van der Waals surface area contributed by atoms with Crippen LogP contribution in [-0.2, 0) is 0 Å². The lowest BCUT2D eigenvalue weighted by atomic mass is 10.00. The third-order valence-electron chi connectivity index (χ3n) is 10.8. The van der Waals surface area contributed by atoms with Crippen LogP contribution in [0.2, 0.25) is 0 Å². The van der Waals surface area contributed by atoms with Crippen LogP contribution in [0.5, 0.6) is 0 Å². The van der Waals surface area contributed by atoms with Crippen LogP contribution in [0.3, 0.4) is 0 Å². The van der Waals surface area contributed by atoms with E-state index in [-0.39, 0.29) is 5.56 Å². The number of aryl methyl sites for hydroxylation is 1. The Morgan fingerprint density at radius 1 is 0.421 bits per heavy atom. The summed E-state index contributed by atoms with van der Waals surface area (Å²) in [5.74, 6) is 1.67. The SMILES string of the molecule is [2H]C([2H])([2H])c1ccc2c3ccccc3n(-c3cc(-c4nc(-c5ccccc5)nc(-c5cccc(-c6cccc7c6sc6ccccc67)c5)n4)ccc3-c3ccccc3)c2c1. The molecule has 0 aliphatic rings. The molecule has 0 saturated carbocycles. The molecule has 3 aromatic heterocycles. The highest BCUT2D eigenvalue weighted by Gasteiger charge is 2.20. The largest absolute Gasteiger partial charge is 0.309 e. The summed E-state index contributed by atoms with van der Waals surface area (Å²) in [6.45, 7) is -2.27. The van der Waals surface area contributed by atoms with Crippen LogP contribution >= 0.6 is 11.3 Å². The molecular formula is C52H34N4S. The molecule has 8 aromatic carbocycles. The molecule has 11 rings (SSSR count). The molecule has 0 aliphatic carbocycles. The van der Waals surface area contributed by atoms with Crippen LogP contribution in [-0.4, -0.2) is 19.5 Å². The van der Waals surface area contributed by atoms with Crippen LogP contribution in [0, 0.1) is 6.85 Å². The van der Waals surface area contributed by atoms with E-state index in [0.717, 1.165) is 60.9 Å². The maximum atomic E-state index is 8.29. The summed E-state index contributed by atoms with van der Waals surface area (Å²) >= 11 is 1.82. The van der Waals surface area contributed by atoms with Gasteiger partial charge in [-0.3, -0.25) is 0 Å². The molecule has 0 spiro atoms. The molecule has 0 unspecified atom stereocenters. The Kier molecular flexibility index (Phi) is 7.13. The predicted octanol–water partition coefficient (Wildman–Crippen LogP) is 14.0. The van der Waals surface area contributed by atoms with E-state index in [1.807, 2.05) is 84.1 Å². The van der Waals surface area contributed by atoms with Crippen molar-refractivity contribution in [3.8, 4) is 62.1 Å². The van der Waals surface area contributed by atoms with Crippen LogP contribution in [0.1, 0.15) is 9.68 Å². The fraction of sp³-hybridized carbons (Fsp3) is 0.0192. The zero-order chi connectivity index (χ0) is 40.4. The van der Waals surface area contributed by atoms with Crippen molar-refractivity contribution in [2.24, 2.45) is 0 Å². The van der Waals surface area contributed by atoms with Gasteiger partial charge in [0.1, 0.15) is 0 Å². The maximum Gasteiger partial charge on any atom is 0.164 e. The van der Waals surface area contributed by atoms with Crippen molar-refractivity contribution >= 4 is 53.3 Å². The molecule has 0 radical (unpaired) electrons. The first-order chi connectivity index (χ1) is 29.4. The number of fused-ring (bicyclic) bond motifs is 6. The van der Waals surface area contributed by atoms with Gasteiger partial charge in [0, 0.05) is 57.3 Å². The van der Waals surface area contributed by atoms with Crippen molar-refractivity contribution in [2.45, 2.75) is 6.85 Å². The third kappa shape index (κ3) is 5.71. The van der Waals surface area contributed by atoms with Gasteiger partial charge in [-0.05, 0) is 59.4 Å². The summed E-state index contributed by atoms with van der Waals surface area (Å²) in [4.78, 5) is 15.5. The van der Waals surface area contributed by atoms with E-state index in [1.165, 1.54) is 25.7 Å². The number of nitrogens with zero attached hydrogens (tertiary/aromatic N) is 4. The Hall–Kier alpha value is -7.21. The lowest BCUT2D eigenvalue weighted by Crippen LogP contribution is -2.02. The van der Waals surface area contributed by atoms with Gasteiger partial charge in [0.15, 0.2) is 17.5 Å². The molecule has 0 aliphatic heterocycles.